The second-order valence-corrected chi connectivity index (χ2v) is 6.19. The number of piperidine rings is 1. The van der Waals surface area contributed by atoms with Crippen molar-refractivity contribution in [3.8, 4) is 0 Å². The fraction of sp³-hybridized carbons (Fsp3) is 0.500. The van der Waals surface area contributed by atoms with Crippen molar-refractivity contribution in [1.29, 1.82) is 0 Å². The normalized spacial score (nSPS) is 20.0. The molecule has 6 heteroatoms. The largest absolute Gasteiger partial charge is 0.329 e. The minimum Gasteiger partial charge on any atom is -0.329 e. The van der Waals surface area contributed by atoms with Gasteiger partial charge in [0.15, 0.2) is 0 Å². The van der Waals surface area contributed by atoms with Crippen molar-refractivity contribution in [3.63, 3.8) is 0 Å². The Morgan fingerprint density at radius 2 is 2.25 bits per heavy atom. The molecule has 3 nitrogen and oxygen atoms in total. The average Bonchev–Trinajstić information content (AvgIpc) is 2.80. The molecule has 3 rings (SSSR count). The zero-order chi connectivity index (χ0) is 13.2. The Labute approximate surface area is 128 Å². The highest BCUT2D eigenvalue weighted by molar-refractivity contribution is 7.18. The topological polar surface area (TPSA) is 42.1 Å². The zero-order valence-electron chi connectivity index (χ0n) is 11.2. The fourth-order valence-electron chi connectivity index (χ4n) is 2.72. The highest BCUT2D eigenvalue weighted by Gasteiger charge is 2.22. The number of nitrogens with two attached hydrogens (primary N) is 1. The van der Waals surface area contributed by atoms with Gasteiger partial charge < -0.3 is 5.73 Å². The Morgan fingerprint density at radius 1 is 1.40 bits per heavy atom. The molecule has 2 N–H and O–H groups in total. The van der Waals surface area contributed by atoms with Crippen molar-refractivity contribution in [3.05, 3.63) is 29.0 Å². The van der Waals surface area contributed by atoms with Crippen molar-refractivity contribution in [2.24, 2.45) is 5.73 Å². The molecule has 0 amide bonds. The number of nitrogens with zero attached hydrogens (tertiary/aromatic N) is 2. The Hall–Kier alpha value is -0.750. The first-order chi connectivity index (χ1) is 9.26. The van der Waals surface area contributed by atoms with Gasteiger partial charge in [-0.15, -0.1) is 23.7 Å². The van der Waals surface area contributed by atoms with Crippen molar-refractivity contribution < 1.29 is 4.39 Å². The number of likely N-dealkylation sites (tertiary alicyclic amines) is 1. The molecule has 0 spiro atoms. The summed E-state index contributed by atoms with van der Waals surface area (Å²) in [5.74, 6) is -0.194. The summed E-state index contributed by atoms with van der Waals surface area (Å²) in [6, 6.07) is 5.25. The third-order valence-electron chi connectivity index (χ3n) is 3.75. The third-order valence-corrected chi connectivity index (χ3v) is 4.76. The number of fused-ring (bicyclic) bond motifs is 1. The SMILES string of the molecule is Cl.NCC1CCCCN1Cc1nc2ccc(F)cc2s1. The van der Waals surface area contributed by atoms with E-state index in [9.17, 15) is 4.39 Å². The van der Waals surface area contributed by atoms with Crippen LogP contribution in [0.25, 0.3) is 10.2 Å². The number of rotatable bonds is 3. The molecule has 1 unspecified atom stereocenters. The van der Waals surface area contributed by atoms with Crippen LogP contribution < -0.4 is 5.73 Å². The quantitative estimate of drug-likeness (QED) is 0.946. The van der Waals surface area contributed by atoms with Crippen LogP contribution in [-0.2, 0) is 6.54 Å². The number of aromatic nitrogens is 1. The molecule has 1 aromatic heterocycles. The lowest BCUT2D eigenvalue weighted by Gasteiger charge is -2.34. The highest BCUT2D eigenvalue weighted by Crippen LogP contribution is 2.26. The van der Waals surface area contributed by atoms with Gasteiger partial charge in [0.2, 0.25) is 0 Å². The molecule has 1 fully saturated rings. The van der Waals surface area contributed by atoms with E-state index in [0.29, 0.717) is 12.6 Å². The van der Waals surface area contributed by atoms with Gasteiger partial charge in [-0.3, -0.25) is 4.90 Å². The van der Waals surface area contributed by atoms with Gasteiger partial charge in [0, 0.05) is 12.6 Å². The molecule has 2 heterocycles. The molecule has 0 bridgehead atoms. The summed E-state index contributed by atoms with van der Waals surface area (Å²) < 4.78 is 14.1. The minimum absolute atomic E-state index is 0. The number of hydrogen-bond donors (Lipinski definition) is 1. The van der Waals surface area contributed by atoms with E-state index < -0.39 is 0 Å². The van der Waals surface area contributed by atoms with Gasteiger partial charge in [0.1, 0.15) is 10.8 Å². The average molecular weight is 316 g/mol. The molecule has 1 aliphatic heterocycles. The van der Waals surface area contributed by atoms with Crippen molar-refractivity contribution in [2.45, 2.75) is 31.8 Å². The minimum atomic E-state index is -0.194. The highest BCUT2D eigenvalue weighted by atomic mass is 35.5. The summed E-state index contributed by atoms with van der Waals surface area (Å²) in [5, 5.41) is 1.06. The van der Waals surface area contributed by atoms with Gasteiger partial charge in [-0.05, 0) is 37.6 Å². The van der Waals surface area contributed by atoms with Gasteiger partial charge in [-0.25, -0.2) is 9.37 Å². The van der Waals surface area contributed by atoms with Crippen LogP contribution in [0.3, 0.4) is 0 Å². The first-order valence-electron chi connectivity index (χ1n) is 6.75. The van der Waals surface area contributed by atoms with Crippen molar-refractivity contribution >= 4 is 34.0 Å². The van der Waals surface area contributed by atoms with Gasteiger partial charge in [-0.1, -0.05) is 6.42 Å². The molecule has 110 valence electrons. The van der Waals surface area contributed by atoms with Crippen LogP contribution in [0.2, 0.25) is 0 Å². The maximum Gasteiger partial charge on any atom is 0.124 e. The van der Waals surface area contributed by atoms with Crippen LogP contribution in [0.1, 0.15) is 24.3 Å². The van der Waals surface area contributed by atoms with Crippen LogP contribution in [0.4, 0.5) is 4.39 Å². The van der Waals surface area contributed by atoms with Gasteiger partial charge in [-0.2, -0.15) is 0 Å². The van der Waals surface area contributed by atoms with E-state index in [-0.39, 0.29) is 18.2 Å². The smallest absolute Gasteiger partial charge is 0.124 e. The first-order valence-corrected chi connectivity index (χ1v) is 7.57. The van der Waals surface area contributed by atoms with Gasteiger partial charge in [0.25, 0.3) is 0 Å². The second-order valence-electron chi connectivity index (χ2n) is 5.08. The summed E-state index contributed by atoms with van der Waals surface area (Å²) in [4.78, 5) is 7.00. The Kier molecular flexibility index (Phi) is 5.32. The number of hydrogen-bond acceptors (Lipinski definition) is 4. The van der Waals surface area contributed by atoms with Crippen LogP contribution in [0.5, 0.6) is 0 Å². The standard InChI is InChI=1S/C14H18FN3S.ClH/c15-10-4-5-12-13(7-10)19-14(17-12)9-18-6-2-1-3-11(18)8-16;/h4-5,7,11H,1-3,6,8-9,16H2;1H. The molecule has 20 heavy (non-hydrogen) atoms. The summed E-state index contributed by atoms with van der Waals surface area (Å²) in [6.45, 7) is 2.63. The van der Waals surface area contributed by atoms with Crippen molar-refractivity contribution in [1.82, 2.24) is 9.88 Å². The van der Waals surface area contributed by atoms with E-state index in [1.807, 2.05) is 0 Å². The van der Waals surface area contributed by atoms with E-state index in [4.69, 9.17) is 5.73 Å². The molecule has 2 aromatic rings. The predicted octanol–water partition coefficient (Wildman–Crippen LogP) is 3.17. The molecular weight excluding hydrogens is 297 g/mol. The van der Waals surface area contributed by atoms with Crippen LogP contribution in [0.15, 0.2) is 18.2 Å². The summed E-state index contributed by atoms with van der Waals surface area (Å²) in [5.41, 5.74) is 6.73. The molecule has 0 aliphatic carbocycles. The van der Waals surface area contributed by atoms with Crippen LogP contribution in [-0.4, -0.2) is 29.0 Å². The van der Waals surface area contributed by atoms with E-state index in [0.717, 1.165) is 28.3 Å². The van der Waals surface area contributed by atoms with Gasteiger partial charge in [0.05, 0.1) is 16.8 Å². The van der Waals surface area contributed by atoms with Crippen molar-refractivity contribution in [2.75, 3.05) is 13.1 Å². The maximum absolute atomic E-state index is 13.2. The predicted molar refractivity (Wildman–Crippen MR) is 83.9 cm³/mol. The van der Waals surface area contributed by atoms with E-state index in [1.165, 1.54) is 25.3 Å². The summed E-state index contributed by atoms with van der Waals surface area (Å²) >= 11 is 1.58. The second kappa shape index (κ2) is 6.80. The van der Waals surface area contributed by atoms with E-state index in [2.05, 4.69) is 9.88 Å². The zero-order valence-corrected chi connectivity index (χ0v) is 12.9. The number of halogens is 2. The molecule has 1 saturated heterocycles. The fourth-order valence-corrected chi connectivity index (χ4v) is 3.74. The van der Waals surface area contributed by atoms with Crippen LogP contribution >= 0.6 is 23.7 Å². The van der Waals surface area contributed by atoms with E-state index >= 15 is 0 Å². The molecule has 1 aliphatic rings. The number of benzene rings is 1. The van der Waals surface area contributed by atoms with Crippen LogP contribution in [0, 0.1) is 5.82 Å². The van der Waals surface area contributed by atoms with Gasteiger partial charge >= 0.3 is 0 Å². The molecular formula is C14H19ClFN3S. The Bertz CT molecular complexity index is 575. The molecule has 1 atom stereocenters. The molecule has 0 saturated carbocycles. The van der Waals surface area contributed by atoms with E-state index in [1.54, 1.807) is 23.5 Å². The Morgan fingerprint density at radius 3 is 3.05 bits per heavy atom. The summed E-state index contributed by atoms with van der Waals surface area (Å²) in [7, 11) is 0. The summed E-state index contributed by atoms with van der Waals surface area (Å²) in [6.07, 6.45) is 3.68. The molecule has 0 radical (unpaired) electrons. The molecule has 1 aromatic carbocycles. The lowest BCUT2D eigenvalue weighted by atomic mass is 10.0. The number of thiazole rings is 1. The lowest BCUT2D eigenvalue weighted by Crippen LogP contribution is -2.43. The monoisotopic (exact) mass is 315 g/mol. The lowest BCUT2D eigenvalue weighted by molar-refractivity contribution is 0.145. The Balaban J connectivity index is 0.00000147. The first kappa shape index (κ1) is 15.6. The third kappa shape index (κ3) is 3.28. The maximum atomic E-state index is 13.2.